The predicted octanol–water partition coefficient (Wildman–Crippen LogP) is 6.57. The molecule has 8 saturated carbocycles. The van der Waals surface area contributed by atoms with Crippen LogP contribution in [0.15, 0.2) is 24.3 Å². The van der Waals surface area contributed by atoms with E-state index in [1.165, 1.54) is 38.5 Å². The number of hydrogen-bond acceptors (Lipinski definition) is 5. The Morgan fingerprint density at radius 3 is 1.39 bits per heavy atom. The Morgan fingerprint density at radius 2 is 1.00 bits per heavy atom. The van der Waals surface area contributed by atoms with Crippen LogP contribution in [-0.4, -0.2) is 29.7 Å². The van der Waals surface area contributed by atoms with Gasteiger partial charge < -0.3 is 9.47 Å². The van der Waals surface area contributed by atoms with E-state index in [4.69, 9.17) is 9.47 Å². The van der Waals surface area contributed by atoms with Crippen LogP contribution in [0.5, 0.6) is 5.75 Å². The van der Waals surface area contributed by atoms with Crippen LogP contribution < -0.4 is 4.74 Å². The third-order valence-corrected chi connectivity index (χ3v) is 11.5. The molecule has 0 radical (unpaired) electrons. The van der Waals surface area contributed by atoms with E-state index >= 15 is 0 Å². The smallest absolute Gasteiger partial charge is 0.338 e. The maximum absolute atomic E-state index is 13.6. The topological polar surface area (TPSA) is 69.7 Å². The number of hydrogen-bond donors (Lipinski definition) is 0. The largest absolute Gasteiger partial charge is 0.483 e. The number of carbonyl (C=O) groups is 3. The lowest BCUT2D eigenvalue weighted by atomic mass is 9.48. The lowest BCUT2D eigenvalue weighted by Gasteiger charge is -2.56. The number of ketones is 2. The molecule has 0 amide bonds. The molecule has 1 aromatic rings. The maximum atomic E-state index is 13.6. The van der Waals surface area contributed by atoms with Gasteiger partial charge >= 0.3 is 5.97 Å². The third kappa shape index (κ3) is 4.14. The van der Waals surface area contributed by atoms with Crippen LogP contribution >= 0.6 is 0 Å². The SMILES string of the molecule is C[C@H](Oc1ccc(C(=O)O[C@H](C)C(=O)C23CC4CC(CC(C4)C2)C3)cc1)C(=O)C12CC3CC(CC(C3)C1)C2. The Morgan fingerprint density at radius 1 is 0.632 bits per heavy atom. The first-order valence-electron chi connectivity index (χ1n) is 15.3. The molecular weight excluding hydrogens is 476 g/mol. The molecule has 0 aliphatic heterocycles. The van der Waals surface area contributed by atoms with Gasteiger partial charge in [-0.25, -0.2) is 4.79 Å². The minimum atomic E-state index is -0.729. The summed E-state index contributed by atoms with van der Waals surface area (Å²) in [5, 5.41) is 0. The number of rotatable bonds is 8. The molecule has 5 nitrogen and oxygen atoms in total. The highest BCUT2D eigenvalue weighted by molar-refractivity contribution is 5.95. The number of esters is 1. The average molecular weight is 519 g/mol. The minimum Gasteiger partial charge on any atom is -0.483 e. The van der Waals surface area contributed by atoms with Crippen molar-refractivity contribution in [3.05, 3.63) is 29.8 Å². The summed E-state index contributed by atoms with van der Waals surface area (Å²) in [5.74, 6) is 4.71. The molecule has 0 aromatic heterocycles. The molecule has 1 aromatic carbocycles. The van der Waals surface area contributed by atoms with E-state index in [1.54, 1.807) is 31.2 Å². The summed E-state index contributed by atoms with van der Waals surface area (Å²) in [6.45, 7) is 3.62. The van der Waals surface area contributed by atoms with Crippen molar-refractivity contribution in [2.75, 3.05) is 0 Å². The van der Waals surface area contributed by atoms with E-state index in [-0.39, 0.29) is 22.4 Å². The molecule has 204 valence electrons. The molecule has 8 fully saturated rings. The summed E-state index contributed by atoms with van der Waals surface area (Å²) in [6, 6.07) is 6.85. The molecule has 0 heterocycles. The molecule has 38 heavy (non-hydrogen) atoms. The Hall–Kier alpha value is -2.17. The van der Waals surface area contributed by atoms with Gasteiger partial charge in [0.25, 0.3) is 0 Å². The first-order valence-corrected chi connectivity index (χ1v) is 15.3. The number of Topliss-reactive ketones (excluding diaryl/α,β-unsaturated/α-hetero) is 2. The summed E-state index contributed by atoms with van der Waals surface area (Å²) in [7, 11) is 0. The number of ether oxygens (including phenoxy) is 2. The van der Waals surface area contributed by atoms with E-state index in [9.17, 15) is 14.4 Å². The molecule has 8 aliphatic carbocycles. The van der Waals surface area contributed by atoms with Gasteiger partial charge in [-0.3, -0.25) is 9.59 Å². The van der Waals surface area contributed by atoms with E-state index in [0.29, 0.717) is 29.1 Å². The Bertz CT molecular complexity index is 1060. The zero-order chi connectivity index (χ0) is 26.2. The normalized spacial score (nSPS) is 41.5. The zero-order valence-electron chi connectivity index (χ0n) is 23.0. The van der Waals surface area contributed by atoms with Gasteiger partial charge in [0.05, 0.1) is 5.56 Å². The Kier molecular flexibility index (Phi) is 5.83. The van der Waals surface area contributed by atoms with Crippen molar-refractivity contribution >= 4 is 17.5 Å². The monoisotopic (exact) mass is 518 g/mol. The average Bonchev–Trinajstić information content (AvgIpc) is 2.86. The van der Waals surface area contributed by atoms with Crippen molar-refractivity contribution in [3.63, 3.8) is 0 Å². The second-order valence-electron chi connectivity index (χ2n) is 14.5. The van der Waals surface area contributed by atoms with Crippen molar-refractivity contribution in [2.24, 2.45) is 46.3 Å². The van der Waals surface area contributed by atoms with Crippen molar-refractivity contribution in [1.82, 2.24) is 0 Å². The first-order chi connectivity index (χ1) is 18.2. The van der Waals surface area contributed by atoms with Gasteiger partial charge in [0.1, 0.15) is 5.75 Å². The summed E-state index contributed by atoms with van der Waals surface area (Å²) >= 11 is 0. The van der Waals surface area contributed by atoms with E-state index < -0.39 is 18.2 Å². The fourth-order valence-corrected chi connectivity index (χ4v) is 10.9. The van der Waals surface area contributed by atoms with Crippen LogP contribution in [0.4, 0.5) is 0 Å². The second kappa shape index (κ2) is 8.93. The van der Waals surface area contributed by atoms with Crippen molar-refractivity contribution < 1.29 is 23.9 Å². The minimum absolute atomic E-state index is 0.127. The Labute approximate surface area is 226 Å². The molecule has 8 aliphatic rings. The van der Waals surface area contributed by atoms with Crippen LogP contribution in [-0.2, 0) is 14.3 Å². The lowest BCUT2D eigenvalue weighted by Crippen LogP contribution is -2.53. The van der Waals surface area contributed by atoms with Crippen molar-refractivity contribution in [3.8, 4) is 5.75 Å². The summed E-state index contributed by atoms with van der Waals surface area (Å²) in [4.78, 5) is 40.0. The van der Waals surface area contributed by atoms with Crippen LogP contribution in [0.25, 0.3) is 0 Å². The molecular formula is C33H42O5. The molecule has 0 N–H and O–H groups in total. The fourth-order valence-electron chi connectivity index (χ4n) is 10.9. The first kappa shape index (κ1) is 24.8. The quantitative estimate of drug-likeness (QED) is 0.364. The fraction of sp³-hybridized carbons (Fsp3) is 0.727. The molecule has 0 spiro atoms. The summed E-state index contributed by atoms with van der Waals surface area (Å²) in [6.07, 6.45) is 12.6. The van der Waals surface area contributed by atoms with Gasteiger partial charge in [0.15, 0.2) is 23.8 Å². The van der Waals surface area contributed by atoms with Gasteiger partial charge in [-0.2, -0.15) is 0 Å². The summed E-state index contributed by atoms with van der Waals surface area (Å²) in [5.41, 5.74) is -0.0504. The molecule has 9 rings (SSSR count). The molecule has 0 saturated heterocycles. The van der Waals surface area contributed by atoms with Crippen LogP contribution in [0, 0.1) is 46.3 Å². The molecule has 2 atom stereocenters. The number of carbonyl (C=O) groups excluding carboxylic acids is 3. The van der Waals surface area contributed by atoms with Gasteiger partial charge in [0, 0.05) is 10.8 Å². The van der Waals surface area contributed by atoms with E-state index in [0.717, 1.165) is 56.3 Å². The van der Waals surface area contributed by atoms with Crippen LogP contribution in [0.1, 0.15) is 101 Å². The van der Waals surface area contributed by atoms with Crippen LogP contribution in [0.3, 0.4) is 0 Å². The zero-order valence-corrected chi connectivity index (χ0v) is 23.0. The highest BCUT2D eigenvalue weighted by atomic mass is 16.5. The number of benzene rings is 1. The third-order valence-electron chi connectivity index (χ3n) is 11.5. The summed E-state index contributed by atoms with van der Waals surface area (Å²) < 4.78 is 11.8. The van der Waals surface area contributed by atoms with Crippen molar-refractivity contribution in [2.45, 2.75) is 103 Å². The Balaban J connectivity index is 0.963. The standard InChI is InChI=1S/C33H42O5/c1-19(29(34)32-13-21-7-22(14-32)9-23(8-21)15-32)37-28-5-3-27(4-6-28)31(36)38-20(2)30(35)33-16-24-10-25(17-33)12-26(11-24)18-33/h3-6,19-26H,7-18H2,1-2H3/t19-,20+,21?,22?,23?,24?,25?,26?,32?,33?/m0/s1. The van der Waals surface area contributed by atoms with Crippen molar-refractivity contribution in [1.29, 1.82) is 0 Å². The van der Waals surface area contributed by atoms with Gasteiger partial charge in [-0.05, 0) is 151 Å². The van der Waals surface area contributed by atoms with E-state index in [1.807, 2.05) is 6.92 Å². The highest BCUT2D eigenvalue weighted by Crippen LogP contribution is 2.61. The molecule has 0 unspecified atom stereocenters. The predicted molar refractivity (Wildman–Crippen MR) is 143 cm³/mol. The molecule has 5 heteroatoms. The second-order valence-corrected chi connectivity index (χ2v) is 14.5. The van der Waals surface area contributed by atoms with Gasteiger partial charge in [0.2, 0.25) is 0 Å². The van der Waals surface area contributed by atoms with E-state index in [2.05, 4.69) is 0 Å². The van der Waals surface area contributed by atoms with Gasteiger partial charge in [-0.15, -0.1) is 0 Å². The molecule has 8 bridgehead atoms. The lowest BCUT2D eigenvalue weighted by molar-refractivity contribution is -0.152. The highest BCUT2D eigenvalue weighted by Gasteiger charge is 2.56. The van der Waals surface area contributed by atoms with Gasteiger partial charge in [-0.1, -0.05) is 0 Å². The maximum Gasteiger partial charge on any atom is 0.338 e. The van der Waals surface area contributed by atoms with Crippen LogP contribution in [0.2, 0.25) is 0 Å².